The predicted octanol–water partition coefficient (Wildman–Crippen LogP) is 2.90. The van der Waals surface area contributed by atoms with E-state index in [1.165, 1.54) is 25.4 Å². The van der Waals surface area contributed by atoms with Crippen molar-refractivity contribution in [2.45, 2.75) is 49.1 Å². The van der Waals surface area contributed by atoms with Gasteiger partial charge in [0.05, 0.1) is 29.7 Å². The van der Waals surface area contributed by atoms with Gasteiger partial charge in [-0.15, -0.1) is 0 Å². The molecule has 0 radical (unpaired) electrons. The van der Waals surface area contributed by atoms with E-state index in [-0.39, 0.29) is 29.6 Å². The van der Waals surface area contributed by atoms with Crippen molar-refractivity contribution in [2.24, 2.45) is 5.14 Å². The molecule has 186 valence electrons. The second kappa shape index (κ2) is 10.1. The second-order valence-electron chi connectivity index (χ2n) is 7.60. The monoisotopic (exact) mass is 507 g/mol. The summed E-state index contributed by atoms with van der Waals surface area (Å²) in [6.45, 7) is 1.25. The molecule has 0 saturated carbocycles. The van der Waals surface area contributed by atoms with Crippen LogP contribution in [0.5, 0.6) is 0 Å². The number of hydrogen-bond donors (Lipinski definition) is 3. The number of primary sulfonamides is 1. The van der Waals surface area contributed by atoms with Gasteiger partial charge in [-0.1, -0.05) is 0 Å². The van der Waals surface area contributed by atoms with Crippen LogP contribution in [0.2, 0.25) is 0 Å². The summed E-state index contributed by atoms with van der Waals surface area (Å²) < 4.78 is 84.4. The fraction of sp³-hybridized carbons (Fsp3) is 0.421. The molecule has 1 aromatic heterocycles. The summed E-state index contributed by atoms with van der Waals surface area (Å²) in [7, 11) is -4.05. The van der Waals surface area contributed by atoms with E-state index in [0.29, 0.717) is 5.56 Å². The number of nitrogens with one attached hydrogen (secondary N) is 2. The first kappa shape index (κ1) is 25.6. The zero-order valence-corrected chi connectivity index (χ0v) is 18.5. The van der Waals surface area contributed by atoms with Crippen LogP contribution in [-0.4, -0.2) is 49.4 Å². The molecule has 1 amide bonds. The molecule has 0 spiro atoms. The summed E-state index contributed by atoms with van der Waals surface area (Å²) in [6.07, 6.45) is -4.70. The Bertz CT molecular complexity index is 1130. The van der Waals surface area contributed by atoms with Crippen LogP contribution < -0.4 is 15.8 Å². The van der Waals surface area contributed by atoms with Crippen molar-refractivity contribution in [2.75, 3.05) is 11.9 Å². The van der Waals surface area contributed by atoms with Gasteiger partial charge in [-0.05, 0) is 25.1 Å². The summed E-state index contributed by atoms with van der Waals surface area (Å²) in [5.74, 6) is -0.851. The molecule has 15 heteroatoms. The van der Waals surface area contributed by atoms with Gasteiger partial charge in [0.15, 0.2) is 0 Å². The fourth-order valence-electron chi connectivity index (χ4n) is 3.16. The molecule has 2 heterocycles. The van der Waals surface area contributed by atoms with E-state index in [1.54, 1.807) is 0 Å². The lowest BCUT2D eigenvalue weighted by atomic mass is 10.1. The lowest BCUT2D eigenvalue weighted by molar-refractivity contribution is -0.138. The standard InChI is InChI=1S/C19H21F4N5O5S/c1-10(6-19(21,22)23)27-18(29)33-12-4-16(32-9-12)11-7-25-17(26-8-11)28-15-3-2-13(5-14(15)20)34(24,30)31/h2-3,5,7-8,10,12,16H,4,6,9H2,1H3,(H,27,29)(H2,24,30,31)(H,25,26,28)/t10-,12?,16?/m0/s1. The van der Waals surface area contributed by atoms with E-state index in [4.69, 9.17) is 14.6 Å². The number of nitrogens with two attached hydrogens (primary N) is 1. The van der Waals surface area contributed by atoms with Crippen molar-refractivity contribution in [1.29, 1.82) is 0 Å². The van der Waals surface area contributed by atoms with Gasteiger partial charge in [0.2, 0.25) is 16.0 Å². The number of anilines is 2. The van der Waals surface area contributed by atoms with E-state index >= 15 is 0 Å². The normalized spacial score (nSPS) is 19.5. The molecular weight excluding hydrogens is 486 g/mol. The minimum atomic E-state index is -4.41. The Hall–Kier alpha value is -3.04. The van der Waals surface area contributed by atoms with Gasteiger partial charge in [-0.2, -0.15) is 13.2 Å². The minimum Gasteiger partial charge on any atom is -0.444 e. The molecule has 0 aliphatic carbocycles. The van der Waals surface area contributed by atoms with Gasteiger partial charge in [0.1, 0.15) is 11.9 Å². The highest BCUT2D eigenvalue weighted by molar-refractivity contribution is 7.89. The molecule has 1 aliphatic heterocycles. The fourth-order valence-corrected chi connectivity index (χ4v) is 3.69. The predicted molar refractivity (Wildman–Crippen MR) is 110 cm³/mol. The van der Waals surface area contributed by atoms with Gasteiger partial charge < -0.3 is 20.1 Å². The van der Waals surface area contributed by atoms with Gasteiger partial charge in [0, 0.05) is 30.4 Å². The molecule has 10 nitrogen and oxygen atoms in total. The molecule has 3 rings (SSSR count). The van der Waals surface area contributed by atoms with E-state index in [1.807, 2.05) is 0 Å². The molecule has 3 atom stereocenters. The maximum atomic E-state index is 14.1. The highest BCUT2D eigenvalue weighted by atomic mass is 32.2. The number of carbonyl (C=O) groups is 1. The van der Waals surface area contributed by atoms with E-state index < -0.39 is 52.8 Å². The molecule has 2 unspecified atom stereocenters. The smallest absolute Gasteiger partial charge is 0.407 e. The first-order valence-electron chi connectivity index (χ1n) is 9.87. The number of sulfonamides is 1. The molecular formula is C19H21F4N5O5S. The van der Waals surface area contributed by atoms with Crippen molar-refractivity contribution in [3.8, 4) is 0 Å². The third kappa shape index (κ3) is 7.23. The highest BCUT2D eigenvalue weighted by Gasteiger charge is 2.33. The van der Waals surface area contributed by atoms with Gasteiger partial charge >= 0.3 is 12.3 Å². The number of benzene rings is 1. The van der Waals surface area contributed by atoms with Gasteiger partial charge in [-0.25, -0.2) is 32.7 Å². The molecule has 2 aromatic rings. The van der Waals surface area contributed by atoms with Gasteiger partial charge in [-0.3, -0.25) is 0 Å². The van der Waals surface area contributed by atoms with Crippen LogP contribution in [-0.2, 0) is 19.5 Å². The molecule has 1 saturated heterocycles. The number of amides is 1. The Morgan fingerprint density at radius 2 is 2.00 bits per heavy atom. The Balaban J connectivity index is 1.53. The topological polar surface area (TPSA) is 146 Å². The maximum absolute atomic E-state index is 14.1. The van der Waals surface area contributed by atoms with Gasteiger partial charge in [0.25, 0.3) is 0 Å². The number of alkyl carbamates (subject to hydrolysis) is 1. The van der Waals surface area contributed by atoms with Crippen LogP contribution >= 0.6 is 0 Å². The number of nitrogens with zero attached hydrogens (tertiary/aromatic N) is 2. The summed E-state index contributed by atoms with van der Waals surface area (Å²) in [5.41, 5.74) is 0.462. The van der Waals surface area contributed by atoms with Crippen molar-refractivity contribution >= 4 is 27.8 Å². The van der Waals surface area contributed by atoms with E-state index in [0.717, 1.165) is 12.1 Å². The zero-order chi connectivity index (χ0) is 25.1. The number of carbonyl (C=O) groups excluding carboxylic acids is 1. The third-order valence-electron chi connectivity index (χ3n) is 4.70. The number of ether oxygens (including phenoxy) is 2. The van der Waals surface area contributed by atoms with Crippen LogP contribution in [0.4, 0.5) is 34.0 Å². The van der Waals surface area contributed by atoms with Crippen molar-refractivity contribution < 1.29 is 40.2 Å². The van der Waals surface area contributed by atoms with Crippen LogP contribution in [0, 0.1) is 5.82 Å². The first-order valence-corrected chi connectivity index (χ1v) is 11.4. The van der Waals surface area contributed by atoms with Crippen molar-refractivity contribution in [1.82, 2.24) is 15.3 Å². The largest absolute Gasteiger partial charge is 0.444 e. The lowest BCUT2D eigenvalue weighted by Crippen LogP contribution is -2.38. The number of aromatic nitrogens is 2. The molecule has 34 heavy (non-hydrogen) atoms. The molecule has 4 N–H and O–H groups in total. The summed E-state index contributed by atoms with van der Waals surface area (Å²) in [5, 5.41) is 9.69. The van der Waals surface area contributed by atoms with Crippen LogP contribution in [0.15, 0.2) is 35.5 Å². The Morgan fingerprint density at radius 3 is 2.59 bits per heavy atom. The summed E-state index contributed by atoms with van der Waals surface area (Å²) in [6, 6.07) is 1.93. The second-order valence-corrected chi connectivity index (χ2v) is 9.16. The zero-order valence-electron chi connectivity index (χ0n) is 17.7. The first-order chi connectivity index (χ1) is 15.8. The lowest BCUT2D eigenvalue weighted by Gasteiger charge is -2.17. The van der Waals surface area contributed by atoms with Crippen molar-refractivity contribution in [3.05, 3.63) is 42.0 Å². The Morgan fingerprint density at radius 1 is 1.32 bits per heavy atom. The van der Waals surface area contributed by atoms with Crippen LogP contribution in [0.3, 0.4) is 0 Å². The van der Waals surface area contributed by atoms with E-state index in [9.17, 15) is 30.8 Å². The number of rotatable bonds is 7. The molecule has 1 aromatic carbocycles. The van der Waals surface area contributed by atoms with Crippen LogP contribution in [0.25, 0.3) is 0 Å². The van der Waals surface area contributed by atoms with Crippen LogP contribution in [0.1, 0.15) is 31.4 Å². The number of halogens is 4. The molecule has 1 aliphatic rings. The average Bonchev–Trinajstić information content (AvgIpc) is 3.16. The summed E-state index contributed by atoms with van der Waals surface area (Å²) in [4.78, 5) is 19.5. The maximum Gasteiger partial charge on any atom is 0.407 e. The number of alkyl halides is 3. The summed E-state index contributed by atoms with van der Waals surface area (Å²) >= 11 is 0. The Kier molecular flexibility index (Phi) is 7.57. The molecule has 0 bridgehead atoms. The average molecular weight is 507 g/mol. The third-order valence-corrected chi connectivity index (χ3v) is 5.61. The Labute approximate surface area is 191 Å². The SMILES string of the molecule is C[C@@H](CC(F)(F)F)NC(=O)OC1COC(c2cnc(Nc3ccc(S(N)(=O)=O)cc3F)nc2)C1. The quantitative estimate of drug-likeness (QED) is 0.485. The van der Waals surface area contributed by atoms with Crippen molar-refractivity contribution in [3.63, 3.8) is 0 Å². The number of hydrogen-bond acceptors (Lipinski definition) is 8. The highest BCUT2D eigenvalue weighted by Crippen LogP contribution is 2.30. The van der Waals surface area contributed by atoms with E-state index in [2.05, 4.69) is 20.6 Å². The minimum absolute atomic E-state index is 0.0230. The molecule has 1 fully saturated rings.